The Morgan fingerprint density at radius 3 is 2.32 bits per heavy atom. The molecule has 4 rings (SSSR count). The van der Waals surface area contributed by atoms with Crippen molar-refractivity contribution in [2.24, 2.45) is 16.5 Å². The summed E-state index contributed by atoms with van der Waals surface area (Å²) in [5, 5.41) is 12.8. The molecule has 0 aromatic heterocycles. The Morgan fingerprint density at radius 1 is 1.15 bits per heavy atom. The number of amides is 1. The normalized spacial score (nSPS) is 23.2. The lowest BCUT2D eigenvalue weighted by atomic mass is 9.77. The van der Waals surface area contributed by atoms with E-state index in [0.717, 1.165) is 38.8 Å². The van der Waals surface area contributed by atoms with Gasteiger partial charge in [-0.2, -0.15) is 5.26 Å². The van der Waals surface area contributed by atoms with Crippen LogP contribution >= 0.6 is 0 Å². The Morgan fingerprint density at radius 2 is 1.76 bits per heavy atom. The monoisotopic (exact) mass is 460 g/mol. The van der Waals surface area contributed by atoms with Gasteiger partial charge in [0.25, 0.3) is 5.91 Å². The molecule has 0 atom stereocenters. The van der Waals surface area contributed by atoms with Crippen LogP contribution in [0.3, 0.4) is 0 Å². The summed E-state index contributed by atoms with van der Waals surface area (Å²) in [6.07, 6.45) is 5.25. The summed E-state index contributed by atoms with van der Waals surface area (Å²) in [5.41, 5.74) is 14.3. The van der Waals surface area contributed by atoms with Gasteiger partial charge in [0.15, 0.2) is 0 Å². The fourth-order valence-corrected chi connectivity index (χ4v) is 4.87. The summed E-state index contributed by atoms with van der Waals surface area (Å²) in [4.78, 5) is 18.8. The molecule has 1 amide bonds. The van der Waals surface area contributed by atoms with Crippen LogP contribution in [0.15, 0.2) is 65.3 Å². The van der Waals surface area contributed by atoms with Gasteiger partial charge < -0.3 is 16.8 Å². The van der Waals surface area contributed by atoms with Crippen molar-refractivity contribution in [3.05, 3.63) is 77.2 Å². The molecule has 176 valence electrons. The Kier molecular flexibility index (Phi) is 6.94. The molecule has 1 heterocycles. The van der Waals surface area contributed by atoms with Crippen LogP contribution in [0.5, 0.6) is 0 Å². The van der Waals surface area contributed by atoms with E-state index >= 15 is 0 Å². The highest BCUT2D eigenvalue weighted by atomic mass is 19.1. The second-order valence-corrected chi connectivity index (χ2v) is 9.06. The lowest BCUT2D eigenvalue weighted by molar-refractivity contribution is -0.114. The number of benzene rings is 2. The molecule has 7 nitrogen and oxygen atoms in total. The highest BCUT2D eigenvalue weighted by Gasteiger charge is 2.37. The van der Waals surface area contributed by atoms with Crippen molar-refractivity contribution in [3.63, 3.8) is 0 Å². The minimum Gasteiger partial charge on any atom is -0.384 e. The second kappa shape index (κ2) is 10.1. The average Bonchev–Trinajstić information content (AvgIpc) is 3.25. The molecule has 1 saturated carbocycles. The van der Waals surface area contributed by atoms with Crippen molar-refractivity contribution in [1.29, 1.82) is 5.26 Å². The maximum absolute atomic E-state index is 13.1. The molecule has 2 aliphatic rings. The van der Waals surface area contributed by atoms with Gasteiger partial charge in [0, 0.05) is 30.9 Å². The van der Waals surface area contributed by atoms with Gasteiger partial charge in [0.05, 0.1) is 23.8 Å². The van der Waals surface area contributed by atoms with E-state index < -0.39 is 17.3 Å². The first-order chi connectivity index (χ1) is 16.4. The van der Waals surface area contributed by atoms with Crippen molar-refractivity contribution in [2.75, 3.05) is 0 Å². The van der Waals surface area contributed by atoms with Gasteiger partial charge in [-0.1, -0.05) is 24.3 Å². The van der Waals surface area contributed by atoms with E-state index in [0.29, 0.717) is 18.2 Å². The molecule has 1 aliphatic carbocycles. The number of fused-ring (bicyclic) bond motifs is 1. The molecule has 0 radical (unpaired) electrons. The molecule has 34 heavy (non-hydrogen) atoms. The zero-order valence-corrected chi connectivity index (χ0v) is 19.0. The number of hydrogen-bond acceptors (Lipinski definition) is 5. The highest BCUT2D eigenvalue weighted by molar-refractivity contribution is 6.20. The summed E-state index contributed by atoms with van der Waals surface area (Å²) in [6, 6.07) is 16.7. The number of nitriles is 1. The lowest BCUT2D eigenvalue weighted by Gasteiger charge is -2.42. The number of rotatable bonds is 7. The van der Waals surface area contributed by atoms with Crippen LogP contribution < -0.4 is 16.8 Å². The summed E-state index contributed by atoms with van der Waals surface area (Å²) >= 11 is 0. The molecule has 2 aromatic rings. The first-order valence-corrected chi connectivity index (χ1v) is 11.4. The second-order valence-electron chi connectivity index (χ2n) is 9.06. The minimum absolute atomic E-state index is 0.0266. The van der Waals surface area contributed by atoms with Crippen LogP contribution in [0.4, 0.5) is 10.1 Å². The third-order valence-corrected chi connectivity index (χ3v) is 6.85. The molecule has 2 aromatic carbocycles. The van der Waals surface area contributed by atoms with E-state index in [-0.39, 0.29) is 11.4 Å². The molecule has 0 spiro atoms. The number of nitrogens with one attached hydrogen (secondary N) is 1. The van der Waals surface area contributed by atoms with Gasteiger partial charge >= 0.3 is 0 Å². The van der Waals surface area contributed by atoms with Crippen molar-refractivity contribution >= 4 is 17.4 Å². The van der Waals surface area contributed by atoms with Crippen LogP contribution in [-0.4, -0.2) is 28.2 Å². The van der Waals surface area contributed by atoms with Crippen LogP contribution in [0.25, 0.3) is 0 Å². The van der Waals surface area contributed by atoms with E-state index in [1.165, 1.54) is 41.6 Å². The fraction of sp³-hybridized carbons (Fsp3) is 0.346. The molecule has 0 bridgehead atoms. The number of halogens is 1. The van der Waals surface area contributed by atoms with E-state index in [2.05, 4.69) is 45.5 Å². The van der Waals surface area contributed by atoms with E-state index in [1.54, 1.807) is 0 Å². The average molecular weight is 461 g/mol. The van der Waals surface area contributed by atoms with Gasteiger partial charge in [-0.15, -0.1) is 0 Å². The molecule has 0 unspecified atom stereocenters. The number of nitrogens with two attached hydrogens (primary N) is 2. The maximum Gasteiger partial charge on any atom is 0.253 e. The van der Waals surface area contributed by atoms with Crippen LogP contribution in [0, 0.1) is 17.1 Å². The van der Waals surface area contributed by atoms with Gasteiger partial charge in [-0.3, -0.25) is 9.69 Å². The third-order valence-electron chi connectivity index (χ3n) is 6.85. The molecular weight excluding hydrogens is 431 g/mol. The largest absolute Gasteiger partial charge is 0.384 e. The molecule has 0 saturated heterocycles. The predicted octanol–water partition coefficient (Wildman–Crippen LogP) is 3.38. The Hall–Kier alpha value is -3.70. The maximum atomic E-state index is 13.1. The summed E-state index contributed by atoms with van der Waals surface area (Å²) in [7, 11) is 0. The van der Waals surface area contributed by atoms with Gasteiger partial charge in [-0.05, 0) is 61.1 Å². The molecule has 1 aliphatic heterocycles. The lowest BCUT2D eigenvalue weighted by Crippen LogP contribution is -2.49. The zero-order chi connectivity index (χ0) is 24.1. The van der Waals surface area contributed by atoms with Crippen LogP contribution in [-0.2, 0) is 17.9 Å². The number of amidine groups is 1. The first kappa shape index (κ1) is 23.5. The standard InChI is InChI=1S/C26H29FN6O/c27-20-5-7-21(8-6-20)32-24(29)23(25(30)34)15-31-26(13-14-28)11-9-22(10-12-26)33-16-18-3-1-2-4-19(18)17-33/h1-8,15,22,31H,9-13,16-17H2,(H2,29,32)(H2,30,34)/b23-15+. The van der Waals surface area contributed by atoms with E-state index in [1.807, 2.05) is 0 Å². The number of carbonyl (C=O) groups excluding carboxylic acids is 1. The zero-order valence-electron chi connectivity index (χ0n) is 19.0. The van der Waals surface area contributed by atoms with Gasteiger partial charge in [0.2, 0.25) is 0 Å². The SMILES string of the molecule is N#CCC1(N/C=C(/C(N)=O)C(N)=Nc2ccc(F)cc2)CCC(N2Cc3ccccc3C2)CC1. The first-order valence-electron chi connectivity index (χ1n) is 11.4. The topological polar surface area (TPSA) is 121 Å². The summed E-state index contributed by atoms with van der Waals surface area (Å²) in [6.45, 7) is 1.92. The number of aliphatic imine (C=N–C) groups is 1. The predicted molar refractivity (Wildman–Crippen MR) is 129 cm³/mol. The molecule has 1 fully saturated rings. The van der Waals surface area contributed by atoms with E-state index in [9.17, 15) is 14.4 Å². The van der Waals surface area contributed by atoms with Crippen molar-refractivity contribution in [2.45, 2.75) is 56.8 Å². The smallest absolute Gasteiger partial charge is 0.253 e. The van der Waals surface area contributed by atoms with Crippen molar-refractivity contribution in [3.8, 4) is 6.07 Å². The van der Waals surface area contributed by atoms with E-state index in [4.69, 9.17) is 11.5 Å². The number of nitrogens with zero attached hydrogens (tertiary/aromatic N) is 3. The fourth-order valence-electron chi connectivity index (χ4n) is 4.87. The number of carbonyl (C=O) groups is 1. The Balaban J connectivity index is 1.45. The van der Waals surface area contributed by atoms with Gasteiger partial charge in [0.1, 0.15) is 11.7 Å². The van der Waals surface area contributed by atoms with Crippen molar-refractivity contribution < 1.29 is 9.18 Å². The molecule has 8 heteroatoms. The van der Waals surface area contributed by atoms with Crippen LogP contribution in [0.1, 0.15) is 43.2 Å². The van der Waals surface area contributed by atoms with Crippen molar-refractivity contribution in [1.82, 2.24) is 10.2 Å². The quantitative estimate of drug-likeness (QED) is 0.332. The minimum atomic E-state index is -0.730. The number of primary amides is 1. The Labute approximate surface area is 199 Å². The molecule has 5 N–H and O–H groups in total. The molecular formula is C26H29FN6O. The number of hydrogen-bond donors (Lipinski definition) is 3. The van der Waals surface area contributed by atoms with Gasteiger partial charge in [-0.25, -0.2) is 9.38 Å². The third kappa shape index (κ3) is 5.26. The highest BCUT2D eigenvalue weighted by Crippen LogP contribution is 2.36. The van der Waals surface area contributed by atoms with Crippen LogP contribution in [0.2, 0.25) is 0 Å². The summed E-state index contributed by atoms with van der Waals surface area (Å²) < 4.78 is 13.1. The Bertz CT molecular complexity index is 1120. The summed E-state index contributed by atoms with van der Waals surface area (Å²) in [5.74, 6) is -1.19.